The van der Waals surface area contributed by atoms with Gasteiger partial charge in [0.25, 0.3) is 0 Å². The summed E-state index contributed by atoms with van der Waals surface area (Å²) in [5, 5.41) is 1.09. The third-order valence-corrected chi connectivity index (χ3v) is 8.53. The van der Waals surface area contributed by atoms with Crippen LogP contribution in [-0.2, 0) is 14.3 Å². The molecular weight excluding hydrogens is 480 g/mol. The van der Waals surface area contributed by atoms with Gasteiger partial charge in [-0.2, -0.15) is 0 Å². The third-order valence-electron chi connectivity index (χ3n) is 8.53. The lowest BCUT2D eigenvalue weighted by Gasteiger charge is -2.37. The maximum absolute atomic E-state index is 13.9. The van der Waals surface area contributed by atoms with Crippen molar-refractivity contribution < 1.29 is 23.8 Å². The summed E-state index contributed by atoms with van der Waals surface area (Å²) in [6.07, 6.45) is 6.81. The molecule has 38 heavy (non-hydrogen) atoms. The van der Waals surface area contributed by atoms with E-state index in [1.807, 2.05) is 49.5 Å². The molecule has 1 N–H and O–H groups in total. The lowest BCUT2D eigenvalue weighted by Crippen LogP contribution is -2.39. The Kier molecular flexibility index (Phi) is 5.60. The first kappa shape index (κ1) is 23.3. The summed E-state index contributed by atoms with van der Waals surface area (Å²) in [5.41, 5.74) is 5.10. The van der Waals surface area contributed by atoms with Crippen molar-refractivity contribution in [3.63, 3.8) is 0 Å². The summed E-state index contributed by atoms with van der Waals surface area (Å²) in [6.45, 7) is 2.12. The predicted octanol–water partition coefficient (Wildman–Crippen LogP) is 5.96. The molecule has 7 rings (SSSR count). The van der Waals surface area contributed by atoms with Gasteiger partial charge >= 0.3 is 5.97 Å². The number of hydrogen-bond donors (Lipinski definition) is 1. The number of nitrogens with zero attached hydrogens (tertiary/aromatic N) is 1. The molecule has 7 nitrogen and oxygen atoms in total. The zero-order chi connectivity index (χ0) is 25.8. The monoisotopic (exact) mass is 510 g/mol. The fraction of sp³-hybridized carbons (Fsp3) is 0.387. The highest BCUT2D eigenvalue weighted by Gasteiger charge is 2.45. The zero-order valence-corrected chi connectivity index (χ0v) is 21.4. The van der Waals surface area contributed by atoms with Gasteiger partial charge in [-0.3, -0.25) is 14.6 Å². The number of benzene rings is 2. The van der Waals surface area contributed by atoms with Crippen molar-refractivity contribution in [2.75, 3.05) is 6.79 Å². The van der Waals surface area contributed by atoms with E-state index in [-0.39, 0.29) is 30.6 Å². The average Bonchev–Trinajstić information content (AvgIpc) is 3.68. The number of allylic oxidation sites excluding steroid dienone is 2. The van der Waals surface area contributed by atoms with Crippen LogP contribution < -0.4 is 9.47 Å². The maximum Gasteiger partial charge on any atom is 0.315 e. The predicted molar refractivity (Wildman–Crippen MR) is 143 cm³/mol. The highest BCUT2D eigenvalue weighted by atomic mass is 16.7. The fourth-order valence-electron chi connectivity index (χ4n) is 6.63. The number of carbonyl (C=O) groups is 2. The number of H-pyrrole nitrogens is 1. The Labute approximate surface area is 220 Å². The first-order valence-corrected chi connectivity index (χ1v) is 13.5. The summed E-state index contributed by atoms with van der Waals surface area (Å²) >= 11 is 0. The van der Waals surface area contributed by atoms with Gasteiger partial charge in [0, 0.05) is 41.0 Å². The molecule has 0 spiro atoms. The van der Waals surface area contributed by atoms with E-state index in [9.17, 15) is 9.59 Å². The Balaban J connectivity index is 1.28. The summed E-state index contributed by atoms with van der Waals surface area (Å²) < 4.78 is 17.0. The number of nitrogens with one attached hydrogen (secondary N) is 1. The molecule has 2 aliphatic carbocycles. The number of esters is 1. The maximum atomic E-state index is 13.9. The van der Waals surface area contributed by atoms with Gasteiger partial charge in [-0.25, -0.2) is 0 Å². The van der Waals surface area contributed by atoms with Crippen molar-refractivity contribution in [1.29, 1.82) is 0 Å². The van der Waals surface area contributed by atoms with Crippen LogP contribution in [0.3, 0.4) is 0 Å². The number of Topliss-reactive ketones (excluding diaryl/α,β-unsaturated/α-hetero) is 1. The standard InChI is InChI=1S/C31H30N2O5/c1-17-28(31(35)38-22-4-2-3-5-22)29(20-7-6-18-10-11-32-23(18)12-20)30-24(33-17)13-21(14-25(30)34)19-8-9-26-27(15-19)37-16-36-26/h6-12,15,21-22,28-29,32H,2-5,13-14,16H2,1H3. The van der Waals surface area contributed by atoms with Crippen LogP contribution in [0.4, 0.5) is 0 Å². The molecule has 3 unspecified atom stereocenters. The van der Waals surface area contributed by atoms with Gasteiger partial charge < -0.3 is 19.2 Å². The van der Waals surface area contributed by atoms with E-state index in [2.05, 4.69) is 11.1 Å². The molecule has 4 aliphatic rings. The SMILES string of the molecule is CC1=NC2=C(C(=O)CC(c3ccc4c(c3)OCO4)C2)C(c2ccc3cc[nH]c3c2)C1C(=O)OC1CCCC1. The van der Waals surface area contributed by atoms with Crippen molar-refractivity contribution in [1.82, 2.24) is 4.98 Å². The van der Waals surface area contributed by atoms with Crippen molar-refractivity contribution in [2.45, 2.75) is 63.4 Å². The first-order valence-electron chi connectivity index (χ1n) is 13.5. The quantitative estimate of drug-likeness (QED) is 0.438. The van der Waals surface area contributed by atoms with E-state index >= 15 is 0 Å². The third kappa shape index (κ3) is 3.92. The highest BCUT2D eigenvalue weighted by molar-refractivity contribution is 6.09. The van der Waals surface area contributed by atoms with Gasteiger partial charge in [0.15, 0.2) is 17.3 Å². The second-order valence-electron chi connectivity index (χ2n) is 10.9. The summed E-state index contributed by atoms with van der Waals surface area (Å²) in [5.74, 6) is 0.158. The average molecular weight is 511 g/mol. The Morgan fingerprint density at radius 2 is 1.82 bits per heavy atom. The number of hydrogen-bond acceptors (Lipinski definition) is 6. The lowest BCUT2D eigenvalue weighted by molar-refractivity contribution is -0.151. The van der Waals surface area contributed by atoms with Crippen LogP contribution in [0.5, 0.6) is 11.5 Å². The van der Waals surface area contributed by atoms with Crippen LogP contribution in [0.25, 0.3) is 10.9 Å². The van der Waals surface area contributed by atoms with E-state index in [4.69, 9.17) is 19.2 Å². The molecule has 3 aromatic rings. The van der Waals surface area contributed by atoms with E-state index in [1.165, 1.54) is 0 Å². The molecule has 0 bridgehead atoms. The molecule has 3 atom stereocenters. The number of rotatable bonds is 4. The molecule has 2 aromatic carbocycles. The fourth-order valence-corrected chi connectivity index (χ4v) is 6.63. The van der Waals surface area contributed by atoms with E-state index < -0.39 is 11.8 Å². The normalized spacial score (nSPS) is 25.0. The van der Waals surface area contributed by atoms with Crippen molar-refractivity contribution in [3.05, 3.63) is 71.1 Å². The molecule has 1 fully saturated rings. The number of ketones is 1. The molecule has 0 radical (unpaired) electrons. The van der Waals surface area contributed by atoms with Crippen LogP contribution in [-0.4, -0.2) is 35.3 Å². The molecule has 3 heterocycles. The van der Waals surface area contributed by atoms with Crippen molar-refractivity contribution in [2.24, 2.45) is 10.9 Å². The zero-order valence-electron chi connectivity index (χ0n) is 21.4. The number of ether oxygens (including phenoxy) is 3. The number of fused-ring (bicyclic) bond motifs is 2. The van der Waals surface area contributed by atoms with Crippen LogP contribution in [0.15, 0.2) is 64.9 Å². The Morgan fingerprint density at radius 1 is 1.00 bits per heavy atom. The van der Waals surface area contributed by atoms with Crippen molar-refractivity contribution in [3.8, 4) is 11.5 Å². The summed E-state index contributed by atoms with van der Waals surface area (Å²) in [6, 6.07) is 14.1. The number of aromatic nitrogens is 1. The lowest BCUT2D eigenvalue weighted by atomic mass is 9.69. The van der Waals surface area contributed by atoms with Crippen molar-refractivity contribution >= 4 is 28.4 Å². The van der Waals surface area contributed by atoms with E-state index in [0.717, 1.165) is 59.2 Å². The molecule has 2 aliphatic heterocycles. The van der Waals surface area contributed by atoms with Crippen LogP contribution in [0, 0.1) is 5.92 Å². The molecule has 0 saturated heterocycles. The number of carbonyl (C=O) groups excluding carboxylic acids is 2. The second-order valence-corrected chi connectivity index (χ2v) is 10.9. The minimum Gasteiger partial charge on any atom is -0.462 e. The summed E-state index contributed by atoms with van der Waals surface area (Å²) in [7, 11) is 0. The topological polar surface area (TPSA) is 90.0 Å². The molecule has 1 aromatic heterocycles. The van der Waals surface area contributed by atoms with Gasteiger partial charge in [-0.15, -0.1) is 0 Å². The van der Waals surface area contributed by atoms with Crippen LogP contribution in [0.1, 0.15) is 68.4 Å². The van der Waals surface area contributed by atoms with Crippen LogP contribution in [0.2, 0.25) is 0 Å². The molecule has 7 heteroatoms. The van der Waals surface area contributed by atoms with Gasteiger partial charge in [0.1, 0.15) is 12.0 Å². The summed E-state index contributed by atoms with van der Waals surface area (Å²) in [4.78, 5) is 35.8. The number of aliphatic imine (C=N–C) groups is 1. The minimum atomic E-state index is -0.618. The minimum absolute atomic E-state index is 0.0131. The molecule has 194 valence electrons. The second kappa shape index (κ2) is 9.15. The van der Waals surface area contributed by atoms with Gasteiger partial charge in [-0.05, 0) is 85.7 Å². The van der Waals surface area contributed by atoms with E-state index in [1.54, 1.807) is 0 Å². The molecule has 0 amide bonds. The number of aromatic amines is 1. The van der Waals surface area contributed by atoms with E-state index in [0.29, 0.717) is 29.9 Å². The largest absolute Gasteiger partial charge is 0.462 e. The Hall–Kier alpha value is -3.87. The smallest absolute Gasteiger partial charge is 0.315 e. The first-order chi connectivity index (χ1) is 18.5. The molecule has 1 saturated carbocycles. The van der Waals surface area contributed by atoms with Gasteiger partial charge in [0.05, 0.1) is 0 Å². The molecular formula is C31H30N2O5. The Morgan fingerprint density at radius 3 is 2.68 bits per heavy atom. The van der Waals surface area contributed by atoms with Gasteiger partial charge in [-0.1, -0.05) is 18.2 Å². The highest BCUT2D eigenvalue weighted by Crippen LogP contribution is 2.48. The van der Waals surface area contributed by atoms with Crippen LogP contribution >= 0.6 is 0 Å². The van der Waals surface area contributed by atoms with Gasteiger partial charge in [0.2, 0.25) is 6.79 Å². The Bertz CT molecular complexity index is 1510.